The van der Waals surface area contributed by atoms with Crippen LogP contribution in [-0.4, -0.2) is 31.7 Å². The summed E-state index contributed by atoms with van der Waals surface area (Å²) in [5.74, 6) is 0.459. The van der Waals surface area contributed by atoms with E-state index in [1.807, 2.05) is 36.4 Å². The Morgan fingerprint density at radius 3 is 2.59 bits per heavy atom. The number of amides is 2. The van der Waals surface area contributed by atoms with E-state index in [0.29, 0.717) is 0 Å². The van der Waals surface area contributed by atoms with E-state index in [2.05, 4.69) is 15.8 Å². The van der Waals surface area contributed by atoms with E-state index in [1.165, 1.54) is 6.42 Å². The third kappa shape index (κ3) is 4.84. The second-order valence-electron chi connectivity index (χ2n) is 6.75. The highest BCUT2D eigenvalue weighted by Gasteiger charge is 2.21. The Labute approximate surface area is 159 Å². The number of carbonyl (C=O) groups is 2. The zero-order chi connectivity index (χ0) is 19.1. The Morgan fingerprint density at radius 2 is 1.85 bits per heavy atom. The van der Waals surface area contributed by atoms with E-state index in [1.54, 1.807) is 13.3 Å². The first-order chi connectivity index (χ1) is 13.2. The summed E-state index contributed by atoms with van der Waals surface area (Å²) in [5, 5.41) is 8.69. The molecule has 1 fully saturated rings. The lowest BCUT2D eigenvalue weighted by Crippen LogP contribution is -2.38. The minimum absolute atomic E-state index is 0.0324. The molecule has 0 bridgehead atoms. The lowest BCUT2D eigenvalue weighted by atomic mass is 9.89. The van der Waals surface area contributed by atoms with Gasteiger partial charge in [-0.2, -0.15) is 5.10 Å². The van der Waals surface area contributed by atoms with Crippen LogP contribution in [0.25, 0.3) is 10.8 Å². The largest absolute Gasteiger partial charge is 0.496 e. The monoisotopic (exact) mass is 367 g/mol. The van der Waals surface area contributed by atoms with Crippen LogP contribution in [0.2, 0.25) is 0 Å². The number of hydrogen-bond acceptors (Lipinski definition) is 4. The Kier molecular flexibility index (Phi) is 6.41. The van der Waals surface area contributed by atoms with Crippen molar-refractivity contribution >= 4 is 28.8 Å². The fourth-order valence-electron chi connectivity index (χ4n) is 3.48. The molecule has 2 N–H and O–H groups in total. The number of nitrogens with zero attached hydrogens (tertiary/aromatic N) is 1. The predicted molar refractivity (Wildman–Crippen MR) is 106 cm³/mol. The molecule has 1 aliphatic rings. The summed E-state index contributed by atoms with van der Waals surface area (Å²) in [7, 11) is 1.64. The molecule has 0 radical (unpaired) electrons. The molecule has 0 spiro atoms. The highest BCUT2D eigenvalue weighted by atomic mass is 16.5. The third-order valence-electron chi connectivity index (χ3n) is 4.93. The molecule has 0 aromatic heterocycles. The van der Waals surface area contributed by atoms with E-state index in [9.17, 15) is 9.59 Å². The summed E-state index contributed by atoms with van der Waals surface area (Å²) < 4.78 is 5.38. The van der Waals surface area contributed by atoms with Crippen LogP contribution in [0.15, 0.2) is 41.5 Å². The predicted octanol–water partition coefficient (Wildman–Crippen LogP) is 3.00. The van der Waals surface area contributed by atoms with E-state index < -0.39 is 0 Å². The van der Waals surface area contributed by atoms with Crippen molar-refractivity contribution in [3.05, 3.63) is 42.0 Å². The van der Waals surface area contributed by atoms with Gasteiger partial charge >= 0.3 is 0 Å². The summed E-state index contributed by atoms with van der Waals surface area (Å²) in [6.45, 7) is -0.0595. The minimum Gasteiger partial charge on any atom is -0.496 e. The number of nitrogens with one attached hydrogen (secondary N) is 2. The van der Waals surface area contributed by atoms with Crippen LogP contribution < -0.4 is 15.5 Å². The van der Waals surface area contributed by atoms with Crippen LogP contribution in [0.3, 0.4) is 0 Å². The lowest BCUT2D eigenvalue weighted by molar-refractivity contribution is -0.129. The zero-order valence-corrected chi connectivity index (χ0v) is 15.5. The Hall–Kier alpha value is -2.89. The van der Waals surface area contributed by atoms with Gasteiger partial charge in [-0.25, -0.2) is 5.43 Å². The molecule has 0 unspecified atom stereocenters. The molecule has 2 aromatic carbocycles. The number of hydrazone groups is 1. The highest BCUT2D eigenvalue weighted by molar-refractivity contribution is 6.02. The molecule has 0 heterocycles. The fraction of sp³-hybridized carbons (Fsp3) is 0.381. The van der Waals surface area contributed by atoms with Gasteiger partial charge in [0.15, 0.2) is 0 Å². The highest BCUT2D eigenvalue weighted by Crippen LogP contribution is 2.27. The van der Waals surface area contributed by atoms with Gasteiger partial charge < -0.3 is 10.1 Å². The molecular weight excluding hydrogens is 342 g/mol. The minimum atomic E-state index is -0.340. The first-order valence-electron chi connectivity index (χ1n) is 9.34. The van der Waals surface area contributed by atoms with Crippen LogP contribution in [0.1, 0.15) is 37.7 Å². The van der Waals surface area contributed by atoms with Gasteiger partial charge in [-0.3, -0.25) is 9.59 Å². The zero-order valence-electron chi connectivity index (χ0n) is 15.5. The molecule has 0 atom stereocenters. The molecular formula is C21H25N3O3. The van der Waals surface area contributed by atoms with Crippen LogP contribution in [0, 0.1) is 5.92 Å². The number of benzene rings is 2. The maximum atomic E-state index is 12.1. The molecule has 1 saturated carbocycles. The second-order valence-corrected chi connectivity index (χ2v) is 6.75. The van der Waals surface area contributed by atoms with E-state index in [0.717, 1.165) is 47.8 Å². The molecule has 2 aromatic rings. The third-order valence-corrected chi connectivity index (χ3v) is 4.93. The average Bonchev–Trinajstić information content (AvgIpc) is 2.72. The molecule has 2 amide bonds. The van der Waals surface area contributed by atoms with Gasteiger partial charge in [0.2, 0.25) is 5.91 Å². The fourth-order valence-corrected chi connectivity index (χ4v) is 3.48. The summed E-state index contributed by atoms with van der Waals surface area (Å²) in [4.78, 5) is 24.0. The Balaban J connectivity index is 1.55. The molecule has 0 aliphatic heterocycles. The summed E-state index contributed by atoms with van der Waals surface area (Å²) in [5.41, 5.74) is 3.34. The first kappa shape index (κ1) is 18.9. The lowest BCUT2D eigenvalue weighted by Gasteiger charge is -2.20. The van der Waals surface area contributed by atoms with Crippen LogP contribution >= 0.6 is 0 Å². The van der Waals surface area contributed by atoms with Gasteiger partial charge in [0.1, 0.15) is 5.75 Å². The van der Waals surface area contributed by atoms with Crippen molar-refractivity contribution in [1.82, 2.24) is 10.7 Å². The Morgan fingerprint density at radius 1 is 1.11 bits per heavy atom. The SMILES string of the molecule is COc1ccc(/C=N/NC(=O)CNC(=O)C2CCCCC2)c2ccccc12. The van der Waals surface area contributed by atoms with Crippen molar-refractivity contribution in [1.29, 1.82) is 0 Å². The average molecular weight is 367 g/mol. The molecule has 0 saturated heterocycles. The van der Waals surface area contributed by atoms with Crippen LogP contribution in [0.5, 0.6) is 5.75 Å². The molecule has 27 heavy (non-hydrogen) atoms. The van der Waals surface area contributed by atoms with Gasteiger partial charge in [-0.05, 0) is 30.4 Å². The smallest absolute Gasteiger partial charge is 0.259 e. The van der Waals surface area contributed by atoms with E-state index >= 15 is 0 Å². The van der Waals surface area contributed by atoms with Crippen molar-refractivity contribution < 1.29 is 14.3 Å². The standard InChI is InChI=1S/C21H25N3O3/c1-27-19-12-11-16(17-9-5-6-10-18(17)19)13-23-24-20(25)14-22-21(26)15-7-3-2-4-8-15/h5-6,9-13,15H,2-4,7-8,14H2,1H3,(H,22,26)(H,24,25)/b23-13+. The molecule has 6 heteroatoms. The van der Waals surface area contributed by atoms with Crippen molar-refractivity contribution in [2.45, 2.75) is 32.1 Å². The number of carbonyl (C=O) groups excluding carboxylic acids is 2. The maximum absolute atomic E-state index is 12.1. The van der Waals surface area contributed by atoms with Gasteiger partial charge in [0.25, 0.3) is 5.91 Å². The van der Waals surface area contributed by atoms with Crippen molar-refractivity contribution in [2.75, 3.05) is 13.7 Å². The van der Waals surface area contributed by atoms with Gasteiger partial charge in [0.05, 0.1) is 19.9 Å². The second kappa shape index (κ2) is 9.16. The quantitative estimate of drug-likeness (QED) is 0.608. The summed E-state index contributed by atoms with van der Waals surface area (Å²) in [6.07, 6.45) is 6.79. The number of hydrogen-bond donors (Lipinski definition) is 2. The van der Waals surface area contributed by atoms with E-state index in [-0.39, 0.29) is 24.3 Å². The number of ether oxygens (including phenoxy) is 1. The van der Waals surface area contributed by atoms with Crippen molar-refractivity contribution in [3.63, 3.8) is 0 Å². The van der Waals surface area contributed by atoms with Crippen molar-refractivity contribution in [2.24, 2.45) is 11.0 Å². The number of rotatable bonds is 6. The first-order valence-corrected chi connectivity index (χ1v) is 9.34. The molecule has 6 nitrogen and oxygen atoms in total. The van der Waals surface area contributed by atoms with Crippen LogP contribution in [-0.2, 0) is 9.59 Å². The number of fused-ring (bicyclic) bond motifs is 1. The molecule has 1 aliphatic carbocycles. The molecule has 3 rings (SSSR count). The Bertz CT molecular complexity index is 842. The summed E-state index contributed by atoms with van der Waals surface area (Å²) >= 11 is 0. The van der Waals surface area contributed by atoms with Crippen LogP contribution in [0.4, 0.5) is 0 Å². The maximum Gasteiger partial charge on any atom is 0.259 e. The van der Waals surface area contributed by atoms with Gasteiger partial charge in [0, 0.05) is 16.9 Å². The molecule has 142 valence electrons. The van der Waals surface area contributed by atoms with Gasteiger partial charge in [-0.15, -0.1) is 0 Å². The van der Waals surface area contributed by atoms with E-state index in [4.69, 9.17) is 4.74 Å². The van der Waals surface area contributed by atoms with Gasteiger partial charge in [-0.1, -0.05) is 43.5 Å². The normalized spacial score (nSPS) is 15.0. The topological polar surface area (TPSA) is 79.8 Å². The number of methoxy groups -OCH3 is 1. The summed E-state index contributed by atoms with van der Waals surface area (Å²) in [6, 6.07) is 11.6. The van der Waals surface area contributed by atoms with Crippen molar-refractivity contribution in [3.8, 4) is 5.75 Å².